The molecule has 130 valence electrons. The van der Waals surface area contributed by atoms with Crippen molar-refractivity contribution in [1.29, 1.82) is 0 Å². The van der Waals surface area contributed by atoms with E-state index in [9.17, 15) is 9.90 Å². The number of amides is 1. The van der Waals surface area contributed by atoms with Gasteiger partial charge in [-0.1, -0.05) is 0 Å². The first-order valence-corrected chi connectivity index (χ1v) is 7.57. The number of hydrogen-bond donors (Lipinski definition) is 2. The number of aryl methyl sites for hydroxylation is 2. The fraction of sp³-hybridized carbons (Fsp3) is 0.235. The van der Waals surface area contributed by atoms with Crippen molar-refractivity contribution in [3.63, 3.8) is 0 Å². The minimum absolute atomic E-state index is 0.00177. The molecule has 1 aromatic carbocycles. The number of oxazole rings is 1. The predicted molar refractivity (Wildman–Crippen MR) is 89.3 cm³/mol. The quantitative estimate of drug-likeness (QED) is 0.735. The van der Waals surface area contributed by atoms with Crippen molar-refractivity contribution in [2.24, 2.45) is 7.05 Å². The minimum atomic E-state index is -0.244. The largest absolute Gasteiger partial charge is 0.504 e. The summed E-state index contributed by atoms with van der Waals surface area (Å²) in [7, 11) is 3.23. The summed E-state index contributed by atoms with van der Waals surface area (Å²) in [6.45, 7) is 1.99. The molecule has 0 aliphatic rings. The van der Waals surface area contributed by atoms with Gasteiger partial charge in [-0.15, -0.1) is 0 Å². The number of ether oxygens (including phenoxy) is 1. The number of phenolic OH excluding ortho intramolecular Hbond substituents is 1. The van der Waals surface area contributed by atoms with Gasteiger partial charge in [-0.05, 0) is 25.1 Å². The average molecular weight is 342 g/mol. The summed E-state index contributed by atoms with van der Waals surface area (Å²) in [6.07, 6.45) is 3.06. The second-order valence-corrected chi connectivity index (χ2v) is 5.48. The van der Waals surface area contributed by atoms with E-state index in [-0.39, 0.29) is 18.2 Å². The van der Waals surface area contributed by atoms with Gasteiger partial charge in [0.15, 0.2) is 11.5 Å². The third-order valence-electron chi connectivity index (χ3n) is 3.78. The maximum absolute atomic E-state index is 12.1. The third-order valence-corrected chi connectivity index (χ3v) is 3.78. The van der Waals surface area contributed by atoms with Gasteiger partial charge in [-0.2, -0.15) is 0 Å². The zero-order valence-corrected chi connectivity index (χ0v) is 14.1. The number of methoxy groups -OCH3 is 1. The van der Waals surface area contributed by atoms with Crippen LogP contribution in [0.3, 0.4) is 0 Å². The van der Waals surface area contributed by atoms with Gasteiger partial charge < -0.3 is 24.1 Å². The second kappa shape index (κ2) is 6.68. The summed E-state index contributed by atoms with van der Waals surface area (Å²) in [6, 6.07) is 4.89. The predicted octanol–water partition coefficient (Wildman–Crippen LogP) is 2.03. The van der Waals surface area contributed by atoms with Gasteiger partial charge in [0.2, 0.25) is 5.89 Å². The van der Waals surface area contributed by atoms with Gasteiger partial charge in [0, 0.05) is 12.6 Å². The molecular formula is C17H18N4O4. The number of aromatic hydroxyl groups is 1. The Morgan fingerprint density at radius 3 is 2.88 bits per heavy atom. The zero-order valence-electron chi connectivity index (χ0n) is 14.1. The van der Waals surface area contributed by atoms with Crippen LogP contribution in [0.2, 0.25) is 0 Å². The van der Waals surface area contributed by atoms with Crippen molar-refractivity contribution in [2.75, 3.05) is 7.11 Å². The number of rotatable bonds is 5. The van der Waals surface area contributed by atoms with Crippen LogP contribution in [-0.4, -0.2) is 32.7 Å². The van der Waals surface area contributed by atoms with Crippen LogP contribution in [0.1, 0.15) is 21.9 Å². The summed E-state index contributed by atoms with van der Waals surface area (Å²) < 4.78 is 12.3. The van der Waals surface area contributed by atoms with Gasteiger partial charge in [0.1, 0.15) is 17.1 Å². The molecule has 0 fully saturated rings. The van der Waals surface area contributed by atoms with E-state index < -0.39 is 0 Å². The molecule has 0 aliphatic carbocycles. The van der Waals surface area contributed by atoms with E-state index in [2.05, 4.69) is 15.3 Å². The van der Waals surface area contributed by atoms with Crippen LogP contribution < -0.4 is 10.1 Å². The van der Waals surface area contributed by atoms with Gasteiger partial charge in [0.25, 0.3) is 5.91 Å². The Kier molecular flexibility index (Phi) is 4.42. The molecule has 3 rings (SSSR count). The monoisotopic (exact) mass is 342 g/mol. The number of nitrogens with one attached hydrogen (secondary N) is 1. The lowest BCUT2D eigenvalue weighted by Gasteiger charge is -2.04. The molecule has 8 nitrogen and oxygen atoms in total. The van der Waals surface area contributed by atoms with Crippen molar-refractivity contribution in [2.45, 2.75) is 13.5 Å². The summed E-state index contributed by atoms with van der Waals surface area (Å²) in [5.74, 6) is 1.08. The molecule has 1 amide bonds. The molecule has 0 unspecified atom stereocenters. The average Bonchev–Trinajstić information content (AvgIpc) is 3.18. The first-order valence-electron chi connectivity index (χ1n) is 7.57. The van der Waals surface area contributed by atoms with E-state index in [1.807, 2.05) is 0 Å². The smallest absolute Gasteiger partial charge is 0.269 e. The Labute approximate surface area is 144 Å². The third kappa shape index (κ3) is 3.32. The molecular weight excluding hydrogens is 324 g/mol. The Morgan fingerprint density at radius 2 is 2.24 bits per heavy atom. The SMILES string of the molecule is COc1ccc(-c2nc(CNC(=O)c3cncn3C)c(C)o2)cc1O. The van der Waals surface area contributed by atoms with Gasteiger partial charge in [0.05, 0.1) is 26.2 Å². The van der Waals surface area contributed by atoms with Crippen LogP contribution >= 0.6 is 0 Å². The molecule has 25 heavy (non-hydrogen) atoms. The highest BCUT2D eigenvalue weighted by atomic mass is 16.5. The number of nitrogens with zero attached hydrogens (tertiary/aromatic N) is 3. The zero-order chi connectivity index (χ0) is 18.0. The van der Waals surface area contributed by atoms with Gasteiger partial charge in [-0.25, -0.2) is 9.97 Å². The fourth-order valence-corrected chi connectivity index (χ4v) is 2.37. The lowest BCUT2D eigenvalue weighted by Crippen LogP contribution is -2.25. The Bertz CT molecular complexity index is 913. The molecule has 0 spiro atoms. The van der Waals surface area contributed by atoms with Gasteiger partial charge in [-0.3, -0.25) is 4.79 Å². The van der Waals surface area contributed by atoms with Crippen LogP contribution in [0.25, 0.3) is 11.5 Å². The highest BCUT2D eigenvalue weighted by Crippen LogP contribution is 2.31. The number of aromatic nitrogens is 3. The molecule has 0 aliphatic heterocycles. The fourth-order valence-electron chi connectivity index (χ4n) is 2.37. The molecule has 0 saturated heterocycles. The highest BCUT2D eigenvalue weighted by Gasteiger charge is 2.15. The molecule has 2 aromatic heterocycles. The molecule has 0 atom stereocenters. The molecule has 8 heteroatoms. The van der Waals surface area contributed by atoms with E-state index in [0.29, 0.717) is 34.4 Å². The second-order valence-electron chi connectivity index (χ2n) is 5.48. The molecule has 2 N–H and O–H groups in total. The molecule has 0 radical (unpaired) electrons. The lowest BCUT2D eigenvalue weighted by atomic mass is 10.2. The van der Waals surface area contributed by atoms with Crippen LogP contribution in [0.4, 0.5) is 0 Å². The number of hydrogen-bond acceptors (Lipinski definition) is 6. The Morgan fingerprint density at radius 1 is 1.44 bits per heavy atom. The first-order chi connectivity index (χ1) is 12.0. The summed E-state index contributed by atoms with van der Waals surface area (Å²) in [5, 5.41) is 12.7. The maximum Gasteiger partial charge on any atom is 0.269 e. The van der Waals surface area contributed by atoms with E-state index >= 15 is 0 Å². The Balaban J connectivity index is 1.75. The summed E-state index contributed by atoms with van der Waals surface area (Å²) >= 11 is 0. The van der Waals surface area contributed by atoms with Crippen LogP contribution in [0.15, 0.2) is 35.1 Å². The molecule has 0 saturated carbocycles. The summed E-state index contributed by atoms with van der Waals surface area (Å²) in [4.78, 5) is 20.4. The number of carbonyl (C=O) groups excluding carboxylic acids is 1. The van der Waals surface area contributed by atoms with Crippen molar-refractivity contribution < 1.29 is 19.1 Å². The van der Waals surface area contributed by atoms with E-state index in [1.165, 1.54) is 19.4 Å². The highest BCUT2D eigenvalue weighted by molar-refractivity contribution is 5.92. The molecule has 3 aromatic rings. The number of benzene rings is 1. The van der Waals surface area contributed by atoms with E-state index in [4.69, 9.17) is 9.15 Å². The van der Waals surface area contributed by atoms with Crippen molar-refractivity contribution in [3.8, 4) is 23.0 Å². The first kappa shape index (κ1) is 16.6. The topological polar surface area (TPSA) is 102 Å². The van der Waals surface area contributed by atoms with Crippen molar-refractivity contribution in [3.05, 3.63) is 47.9 Å². The van der Waals surface area contributed by atoms with Crippen LogP contribution in [0.5, 0.6) is 11.5 Å². The van der Waals surface area contributed by atoms with Crippen molar-refractivity contribution in [1.82, 2.24) is 19.9 Å². The Hall–Kier alpha value is -3.29. The number of carbonyl (C=O) groups is 1. The van der Waals surface area contributed by atoms with Crippen molar-refractivity contribution >= 4 is 5.91 Å². The normalized spacial score (nSPS) is 10.7. The molecule has 2 heterocycles. The molecule has 0 bridgehead atoms. The maximum atomic E-state index is 12.1. The van der Waals surface area contributed by atoms with Gasteiger partial charge >= 0.3 is 0 Å². The standard InChI is InChI=1S/C17H18N4O4/c1-10-12(7-19-16(23)13-8-18-9-21(13)2)20-17(25-10)11-4-5-15(24-3)14(22)6-11/h4-6,8-9,22H,7H2,1-3H3,(H,19,23). The number of phenols is 1. The van der Waals surface area contributed by atoms with E-state index in [0.717, 1.165) is 0 Å². The van der Waals surface area contributed by atoms with Crippen LogP contribution in [-0.2, 0) is 13.6 Å². The van der Waals surface area contributed by atoms with E-state index in [1.54, 1.807) is 37.0 Å². The summed E-state index contributed by atoms with van der Waals surface area (Å²) in [5.41, 5.74) is 1.69. The minimum Gasteiger partial charge on any atom is -0.504 e. The number of imidazole rings is 1. The lowest BCUT2D eigenvalue weighted by molar-refractivity contribution is 0.0942. The van der Waals surface area contributed by atoms with Crippen LogP contribution in [0, 0.1) is 6.92 Å².